The van der Waals surface area contributed by atoms with Crippen molar-refractivity contribution in [2.24, 2.45) is 0 Å². The van der Waals surface area contributed by atoms with E-state index in [1.807, 2.05) is 6.92 Å². The van der Waals surface area contributed by atoms with Crippen LogP contribution >= 0.6 is 0 Å². The normalized spacial score (nSPS) is 11.3. The highest BCUT2D eigenvalue weighted by atomic mass is 32.2. The summed E-state index contributed by atoms with van der Waals surface area (Å²) in [6.45, 7) is 2.43. The van der Waals surface area contributed by atoms with Crippen LogP contribution in [0.2, 0.25) is 0 Å². The van der Waals surface area contributed by atoms with Crippen LogP contribution in [0.4, 0.5) is 4.39 Å². The lowest BCUT2D eigenvalue weighted by molar-refractivity contribution is 0.0950. The van der Waals surface area contributed by atoms with E-state index in [2.05, 4.69) is 10.0 Å². The molecule has 140 valence electrons. The molecule has 0 aliphatic rings. The minimum Gasteiger partial charge on any atom is -0.348 e. The van der Waals surface area contributed by atoms with Gasteiger partial charge in [0.25, 0.3) is 5.91 Å². The summed E-state index contributed by atoms with van der Waals surface area (Å²) in [5.74, 6) is -0.864. The Labute approximate surface area is 153 Å². The van der Waals surface area contributed by atoms with Crippen molar-refractivity contribution in [3.8, 4) is 0 Å². The number of carbonyl (C=O) groups excluding carboxylic acids is 1. The quantitative estimate of drug-likeness (QED) is 0.658. The van der Waals surface area contributed by atoms with Gasteiger partial charge in [-0.2, -0.15) is 0 Å². The Hall–Kier alpha value is -2.25. The van der Waals surface area contributed by atoms with Gasteiger partial charge in [0, 0.05) is 24.2 Å². The van der Waals surface area contributed by atoms with E-state index in [1.54, 1.807) is 18.2 Å². The van der Waals surface area contributed by atoms with Crippen molar-refractivity contribution >= 4 is 15.9 Å². The second kappa shape index (κ2) is 9.45. The first-order chi connectivity index (χ1) is 12.4. The first kappa shape index (κ1) is 20.1. The number of halogens is 1. The van der Waals surface area contributed by atoms with E-state index >= 15 is 0 Å². The van der Waals surface area contributed by atoms with E-state index in [1.165, 1.54) is 30.3 Å². The van der Waals surface area contributed by atoms with Crippen molar-refractivity contribution in [3.63, 3.8) is 0 Å². The Bertz CT molecular complexity index is 853. The second-order valence-electron chi connectivity index (χ2n) is 5.91. The van der Waals surface area contributed by atoms with E-state index < -0.39 is 21.7 Å². The first-order valence-electron chi connectivity index (χ1n) is 8.55. The van der Waals surface area contributed by atoms with E-state index in [4.69, 9.17) is 0 Å². The number of nitrogens with one attached hydrogen (secondary N) is 2. The third kappa shape index (κ3) is 5.64. The number of amides is 1. The zero-order valence-electron chi connectivity index (χ0n) is 14.7. The molecular weight excluding hydrogens is 355 g/mol. The van der Waals surface area contributed by atoms with Crippen LogP contribution in [0.5, 0.6) is 0 Å². The molecule has 7 heteroatoms. The van der Waals surface area contributed by atoms with Crippen LogP contribution in [0.1, 0.15) is 42.1 Å². The SMILES string of the molecule is CCCCCNS(=O)(=O)c1cccc(C(=O)NCc2ccccc2F)c1. The average molecular weight is 378 g/mol. The van der Waals surface area contributed by atoms with Crippen LogP contribution < -0.4 is 10.0 Å². The van der Waals surface area contributed by atoms with Gasteiger partial charge in [0.15, 0.2) is 0 Å². The number of unbranched alkanes of at least 4 members (excludes halogenated alkanes) is 2. The highest BCUT2D eigenvalue weighted by molar-refractivity contribution is 7.89. The minimum absolute atomic E-state index is 0.0255. The molecule has 0 atom stereocenters. The molecule has 0 aliphatic carbocycles. The maximum atomic E-state index is 13.6. The molecule has 0 aliphatic heterocycles. The lowest BCUT2D eigenvalue weighted by Gasteiger charge is -2.09. The summed E-state index contributed by atoms with van der Waals surface area (Å²) in [5, 5.41) is 2.60. The fraction of sp³-hybridized carbons (Fsp3) is 0.316. The number of rotatable bonds is 9. The predicted molar refractivity (Wildman–Crippen MR) is 98.7 cm³/mol. The Balaban J connectivity index is 2.03. The highest BCUT2D eigenvalue weighted by Crippen LogP contribution is 2.12. The van der Waals surface area contributed by atoms with E-state index in [0.29, 0.717) is 12.1 Å². The van der Waals surface area contributed by atoms with Gasteiger partial charge in [-0.15, -0.1) is 0 Å². The molecule has 5 nitrogen and oxygen atoms in total. The Kier molecular flexibility index (Phi) is 7.29. The number of hydrogen-bond acceptors (Lipinski definition) is 3. The van der Waals surface area contributed by atoms with Gasteiger partial charge in [-0.3, -0.25) is 4.79 Å². The zero-order valence-corrected chi connectivity index (χ0v) is 15.5. The van der Waals surface area contributed by atoms with Crippen LogP contribution in [-0.2, 0) is 16.6 Å². The van der Waals surface area contributed by atoms with Gasteiger partial charge < -0.3 is 5.32 Å². The van der Waals surface area contributed by atoms with Crippen molar-refractivity contribution in [2.75, 3.05) is 6.54 Å². The molecule has 2 aromatic rings. The molecule has 2 N–H and O–H groups in total. The topological polar surface area (TPSA) is 75.3 Å². The standard InChI is InChI=1S/C19H23FN2O3S/c1-2-3-6-12-22-26(24,25)17-10-7-9-15(13-17)19(23)21-14-16-8-4-5-11-18(16)20/h4-5,7-11,13,22H,2-3,6,12,14H2,1H3,(H,21,23). The maximum Gasteiger partial charge on any atom is 0.251 e. The number of carbonyl (C=O) groups is 1. The van der Waals surface area contributed by atoms with Crippen LogP contribution in [0, 0.1) is 5.82 Å². The number of hydrogen-bond donors (Lipinski definition) is 2. The van der Waals surface area contributed by atoms with Gasteiger partial charge in [-0.1, -0.05) is 44.0 Å². The molecule has 0 unspecified atom stereocenters. The molecule has 0 bridgehead atoms. The Morgan fingerprint density at radius 1 is 1.08 bits per heavy atom. The summed E-state index contributed by atoms with van der Waals surface area (Å²) in [7, 11) is -3.66. The smallest absolute Gasteiger partial charge is 0.251 e. The van der Waals surface area contributed by atoms with Crippen molar-refractivity contribution < 1.29 is 17.6 Å². The second-order valence-corrected chi connectivity index (χ2v) is 7.67. The molecule has 1 amide bonds. The molecule has 0 aromatic heterocycles. The number of sulfonamides is 1. The summed E-state index contributed by atoms with van der Waals surface area (Å²) in [6.07, 6.45) is 2.71. The fourth-order valence-electron chi connectivity index (χ4n) is 2.39. The molecular formula is C19H23FN2O3S. The summed E-state index contributed by atoms with van der Waals surface area (Å²) < 4.78 is 40.7. The lowest BCUT2D eigenvalue weighted by Crippen LogP contribution is -2.26. The predicted octanol–water partition coefficient (Wildman–Crippen LogP) is 3.22. The van der Waals surface area contributed by atoms with Crippen molar-refractivity contribution in [2.45, 2.75) is 37.6 Å². The summed E-state index contributed by atoms with van der Waals surface area (Å²) in [5.41, 5.74) is 0.569. The monoisotopic (exact) mass is 378 g/mol. The molecule has 0 fully saturated rings. The van der Waals surface area contributed by atoms with Gasteiger partial charge in [0.2, 0.25) is 10.0 Å². The number of benzene rings is 2. The molecule has 0 spiro atoms. The summed E-state index contributed by atoms with van der Waals surface area (Å²) >= 11 is 0. The van der Waals surface area contributed by atoms with Crippen LogP contribution in [0.25, 0.3) is 0 Å². The third-order valence-electron chi connectivity index (χ3n) is 3.88. The zero-order chi connectivity index (χ0) is 19.0. The van der Waals surface area contributed by atoms with Crippen molar-refractivity contribution in [1.82, 2.24) is 10.0 Å². The van der Waals surface area contributed by atoms with Crippen LogP contribution in [-0.4, -0.2) is 20.9 Å². The summed E-state index contributed by atoms with van der Waals surface area (Å²) in [6, 6.07) is 11.9. The molecule has 0 saturated heterocycles. The fourth-order valence-corrected chi connectivity index (χ4v) is 3.51. The van der Waals surface area contributed by atoms with Crippen molar-refractivity contribution in [3.05, 3.63) is 65.5 Å². The largest absolute Gasteiger partial charge is 0.348 e. The van der Waals surface area contributed by atoms with Crippen molar-refractivity contribution in [1.29, 1.82) is 0 Å². The molecule has 0 saturated carbocycles. The van der Waals surface area contributed by atoms with Gasteiger partial charge in [0.1, 0.15) is 5.82 Å². The maximum absolute atomic E-state index is 13.6. The average Bonchev–Trinajstić information content (AvgIpc) is 2.64. The van der Waals surface area contributed by atoms with E-state index in [9.17, 15) is 17.6 Å². The van der Waals surface area contributed by atoms with Gasteiger partial charge >= 0.3 is 0 Å². The molecule has 0 radical (unpaired) electrons. The first-order valence-corrected chi connectivity index (χ1v) is 10.0. The lowest BCUT2D eigenvalue weighted by atomic mass is 10.2. The van der Waals surface area contributed by atoms with Crippen LogP contribution in [0.3, 0.4) is 0 Å². The van der Waals surface area contributed by atoms with E-state index in [-0.39, 0.29) is 17.0 Å². The van der Waals surface area contributed by atoms with Crippen LogP contribution in [0.15, 0.2) is 53.4 Å². The van der Waals surface area contributed by atoms with Gasteiger partial charge in [0.05, 0.1) is 4.90 Å². The molecule has 26 heavy (non-hydrogen) atoms. The van der Waals surface area contributed by atoms with Gasteiger partial charge in [-0.05, 0) is 30.7 Å². The summed E-state index contributed by atoms with van der Waals surface area (Å²) in [4.78, 5) is 12.3. The third-order valence-corrected chi connectivity index (χ3v) is 5.33. The van der Waals surface area contributed by atoms with Gasteiger partial charge in [-0.25, -0.2) is 17.5 Å². The highest BCUT2D eigenvalue weighted by Gasteiger charge is 2.16. The molecule has 0 heterocycles. The van der Waals surface area contributed by atoms with E-state index in [0.717, 1.165) is 19.3 Å². The molecule has 2 rings (SSSR count). The minimum atomic E-state index is -3.66. The Morgan fingerprint density at radius 2 is 1.85 bits per heavy atom. The molecule has 2 aromatic carbocycles. The Morgan fingerprint density at radius 3 is 2.58 bits per heavy atom.